The van der Waals surface area contributed by atoms with E-state index in [4.69, 9.17) is 14.2 Å². The number of unbranched alkanes of at least 4 members (excludes halogenated alkanes) is 18. The van der Waals surface area contributed by atoms with Crippen molar-refractivity contribution in [3.63, 3.8) is 0 Å². The van der Waals surface area contributed by atoms with Crippen molar-refractivity contribution in [1.29, 1.82) is 0 Å². The van der Waals surface area contributed by atoms with Gasteiger partial charge < -0.3 is 14.2 Å². The Morgan fingerprint density at radius 3 is 1.28 bits per heavy atom. The van der Waals surface area contributed by atoms with Gasteiger partial charge >= 0.3 is 17.9 Å². The van der Waals surface area contributed by atoms with Gasteiger partial charge in [-0.1, -0.05) is 208 Å². The minimum atomic E-state index is -0.806. The van der Waals surface area contributed by atoms with Gasteiger partial charge in [0.15, 0.2) is 6.10 Å². The van der Waals surface area contributed by atoms with E-state index in [-0.39, 0.29) is 31.1 Å². The fourth-order valence-electron chi connectivity index (χ4n) is 6.04. The maximum Gasteiger partial charge on any atom is 0.306 e. The number of ether oxygens (including phenoxy) is 3. The predicted molar refractivity (Wildman–Crippen MR) is 247 cm³/mol. The summed E-state index contributed by atoms with van der Waals surface area (Å²) in [7, 11) is 0. The largest absolute Gasteiger partial charge is 0.462 e. The third-order valence-corrected chi connectivity index (χ3v) is 9.50. The molecule has 0 aromatic rings. The third kappa shape index (κ3) is 43.5. The quantitative estimate of drug-likeness (QED) is 0.0202. The van der Waals surface area contributed by atoms with Crippen LogP contribution in [-0.2, 0) is 28.6 Å². The average molecular weight is 805 g/mol. The SMILES string of the molecule is CC\C=C/C=C\C=C/C=C\C=C\C=C/CCCCCC(=O)OCC(COC(=O)CCCC/C=C\C/C=C\CC)OC(=O)CCCCCCCCCCCCCCCC. The van der Waals surface area contributed by atoms with E-state index in [1.807, 2.05) is 60.8 Å². The molecule has 6 heteroatoms. The second-order valence-corrected chi connectivity index (χ2v) is 15.1. The number of carbonyl (C=O) groups is 3. The molecule has 0 saturated carbocycles. The van der Waals surface area contributed by atoms with Crippen LogP contribution in [0.3, 0.4) is 0 Å². The summed E-state index contributed by atoms with van der Waals surface area (Å²) in [6.45, 7) is 6.28. The Balaban J connectivity index is 4.48. The number of allylic oxidation sites excluding steroid dienone is 16. The van der Waals surface area contributed by atoms with Crippen LogP contribution in [0, 0.1) is 0 Å². The van der Waals surface area contributed by atoms with Crippen LogP contribution in [0.2, 0.25) is 0 Å². The fraction of sp³-hybridized carbons (Fsp3) is 0.635. The van der Waals surface area contributed by atoms with Gasteiger partial charge in [-0.2, -0.15) is 0 Å². The van der Waals surface area contributed by atoms with Crippen molar-refractivity contribution in [1.82, 2.24) is 0 Å². The second kappa shape index (κ2) is 46.0. The zero-order valence-electron chi connectivity index (χ0n) is 37.3. The first-order valence-corrected chi connectivity index (χ1v) is 23.3. The van der Waals surface area contributed by atoms with Crippen LogP contribution in [0.25, 0.3) is 0 Å². The first kappa shape index (κ1) is 54.3. The standard InChI is InChI=1S/C52H84O6/c1-4-7-10-13-16-19-21-23-25-26-27-29-30-33-36-39-42-45-51(54)57-48-49(47-56-50(53)44-41-38-35-32-18-15-12-9-6-3)58-52(55)46-43-40-37-34-31-28-24-22-20-17-14-11-8-5-2/h7,9-10,12-13,16,18-19,21,23,25-27,29-30,32,49H,4-6,8,11,14-15,17,20,22,24,28,31,33-48H2,1-3H3/b10-7-,12-9-,16-13-,21-19-,25-23-,27-26+,30-29-,32-18-. The number of esters is 3. The monoisotopic (exact) mass is 805 g/mol. The van der Waals surface area contributed by atoms with E-state index in [9.17, 15) is 14.4 Å². The van der Waals surface area contributed by atoms with E-state index >= 15 is 0 Å². The Morgan fingerprint density at radius 1 is 0.379 bits per heavy atom. The molecular formula is C52H84O6. The second-order valence-electron chi connectivity index (χ2n) is 15.1. The van der Waals surface area contributed by atoms with Crippen molar-refractivity contribution in [3.8, 4) is 0 Å². The minimum absolute atomic E-state index is 0.109. The molecule has 0 aliphatic carbocycles. The Morgan fingerprint density at radius 2 is 0.759 bits per heavy atom. The molecule has 0 aliphatic heterocycles. The summed E-state index contributed by atoms with van der Waals surface area (Å²) in [5.74, 6) is -0.993. The number of carbonyl (C=O) groups excluding carboxylic acids is 3. The van der Waals surface area contributed by atoms with E-state index in [1.165, 1.54) is 70.6 Å². The van der Waals surface area contributed by atoms with Crippen molar-refractivity contribution in [3.05, 3.63) is 97.2 Å². The number of hydrogen-bond donors (Lipinski definition) is 0. The molecule has 6 nitrogen and oxygen atoms in total. The molecule has 1 unspecified atom stereocenters. The summed E-state index contributed by atoms with van der Waals surface area (Å²) < 4.78 is 16.6. The van der Waals surface area contributed by atoms with E-state index in [0.717, 1.165) is 83.5 Å². The highest BCUT2D eigenvalue weighted by Gasteiger charge is 2.19. The normalized spacial score (nSPS) is 12.9. The lowest BCUT2D eigenvalue weighted by Gasteiger charge is -2.18. The summed E-state index contributed by atoms with van der Waals surface area (Å²) >= 11 is 0. The van der Waals surface area contributed by atoms with E-state index < -0.39 is 6.10 Å². The predicted octanol–water partition coefficient (Wildman–Crippen LogP) is 15.0. The van der Waals surface area contributed by atoms with Crippen LogP contribution < -0.4 is 0 Å². The molecule has 1 atom stereocenters. The fourth-order valence-corrected chi connectivity index (χ4v) is 6.04. The molecule has 0 spiro atoms. The zero-order chi connectivity index (χ0) is 42.3. The van der Waals surface area contributed by atoms with Crippen LogP contribution >= 0.6 is 0 Å². The van der Waals surface area contributed by atoms with Crippen LogP contribution in [-0.4, -0.2) is 37.2 Å². The Hall–Kier alpha value is -3.67. The topological polar surface area (TPSA) is 78.9 Å². The molecule has 0 aromatic heterocycles. The van der Waals surface area contributed by atoms with Crippen LogP contribution in [0.5, 0.6) is 0 Å². The lowest BCUT2D eigenvalue weighted by atomic mass is 10.0. The molecule has 328 valence electrons. The smallest absolute Gasteiger partial charge is 0.306 e. The van der Waals surface area contributed by atoms with Gasteiger partial charge in [0.2, 0.25) is 0 Å². The molecule has 0 rings (SSSR count). The summed E-state index contributed by atoms with van der Waals surface area (Å²) in [6, 6.07) is 0. The third-order valence-electron chi connectivity index (χ3n) is 9.50. The van der Waals surface area contributed by atoms with Gasteiger partial charge in [0.05, 0.1) is 0 Å². The van der Waals surface area contributed by atoms with Gasteiger partial charge in [0, 0.05) is 19.3 Å². The highest BCUT2D eigenvalue weighted by Crippen LogP contribution is 2.14. The molecule has 0 fully saturated rings. The van der Waals surface area contributed by atoms with E-state index in [0.29, 0.717) is 19.3 Å². The molecule has 0 radical (unpaired) electrons. The highest BCUT2D eigenvalue weighted by molar-refractivity contribution is 5.71. The summed E-state index contributed by atoms with van der Waals surface area (Å²) in [4.78, 5) is 37.7. The molecule has 0 aliphatic rings. The Kier molecular flexibility index (Phi) is 43.1. The van der Waals surface area contributed by atoms with Crippen LogP contribution in [0.15, 0.2) is 97.2 Å². The minimum Gasteiger partial charge on any atom is -0.462 e. The summed E-state index contributed by atoms with van der Waals surface area (Å²) in [5.41, 5.74) is 0. The van der Waals surface area contributed by atoms with Crippen LogP contribution in [0.4, 0.5) is 0 Å². The molecule has 0 amide bonds. The van der Waals surface area contributed by atoms with Gasteiger partial charge in [-0.25, -0.2) is 0 Å². The molecule has 0 saturated heterocycles. The first-order valence-electron chi connectivity index (χ1n) is 23.3. The van der Waals surface area contributed by atoms with Gasteiger partial charge in [-0.15, -0.1) is 0 Å². The molecule has 0 N–H and O–H groups in total. The first-order chi connectivity index (χ1) is 28.5. The molecule has 0 heterocycles. The van der Waals surface area contributed by atoms with Gasteiger partial charge in [-0.3, -0.25) is 14.4 Å². The maximum atomic E-state index is 12.7. The molecule has 0 bridgehead atoms. The summed E-state index contributed by atoms with van der Waals surface area (Å²) in [6.07, 6.45) is 59.7. The molecule has 58 heavy (non-hydrogen) atoms. The Bertz CT molecular complexity index is 1200. The van der Waals surface area contributed by atoms with Gasteiger partial charge in [0.25, 0.3) is 0 Å². The Labute approximate surface area is 356 Å². The zero-order valence-corrected chi connectivity index (χ0v) is 37.3. The van der Waals surface area contributed by atoms with E-state index in [2.05, 4.69) is 57.2 Å². The van der Waals surface area contributed by atoms with Crippen LogP contribution in [0.1, 0.15) is 194 Å². The van der Waals surface area contributed by atoms with Crippen molar-refractivity contribution in [2.45, 2.75) is 200 Å². The summed E-state index contributed by atoms with van der Waals surface area (Å²) in [5, 5.41) is 0. The lowest BCUT2D eigenvalue weighted by molar-refractivity contribution is -0.167. The number of hydrogen-bond acceptors (Lipinski definition) is 6. The number of rotatable bonds is 40. The molecular weight excluding hydrogens is 721 g/mol. The van der Waals surface area contributed by atoms with Crippen molar-refractivity contribution in [2.24, 2.45) is 0 Å². The highest BCUT2D eigenvalue weighted by atomic mass is 16.6. The molecule has 0 aromatic carbocycles. The van der Waals surface area contributed by atoms with E-state index in [1.54, 1.807) is 0 Å². The average Bonchev–Trinajstić information content (AvgIpc) is 3.22. The van der Waals surface area contributed by atoms with Crippen molar-refractivity contribution < 1.29 is 28.6 Å². The van der Waals surface area contributed by atoms with Gasteiger partial charge in [-0.05, 0) is 64.2 Å². The van der Waals surface area contributed by atoms with Crippen molar-refractivity contribution >= 4 is 17.9 Å². The lowest BCUT2D eigenvalue weighted by Crippen LogP contribution is -2.30. The maximum absolute atomic E-state index is 12.7. The van der Waals surface area contributed by atoms with Gasteiger partial charge in [0.1, 0.15) is 13.2 Å². The van der Waals surface area contributed by atoms with Crippen molar-refractivity contribution in [2.75, 3.05) is 13.2 Å².